The van der Waals surface area contributed by atoms with Crippen molar-refractivity contribution in [2.75, 3.05) is 25.0 Å². The smallest absolute Gasteiger partial charge is 0.269 e. The van der Waals surface area contributed by atoms with E-state index in [9.17, 15) is 4.79 Å². The van der Waals surface area contributed by atoms with Crippen molar-refractivity contribution < 1.29 is 4.79 Å². The first-order valence-corrected chi connectivity index (χ1v) is 12.1. The van der Waals surface area contributed by atoms with E-state index >= 15 is 0 Å². The van der Waals surface area contributed by atoms with Gasteiger partial charge in [-0.15, -0.1) is 0 Å². The number of rotatable bonds is 6. The van der Waals surface area contributed by atoms with Gasteiger partial charge in [-0.3, -0.25) is 14.7 Å². The minimum atomic E-state index is 0.0557. The fraction of sp³-hybridized carbons (Fsp3) is 0.304. The molecule has 2 heterocycles. The molecule has 0 aromatic heterocycles. The van der Waals surface area contributed by atoms with Crippen LogP contribution in [0.4, 0.5) is 5.69 Å². The highest BCUT2D eigenvalue weighted by Crippen LogP contribution is 2.50. The van der Waals surface area contributed by atoms with Crippen LogP contribution in [0.2, 0.25) is 5.02 Å². The number of aliphatic imine (C=N–C) groups is 1. The number of thioether (sulfide) groups is 2. The Labute approximate surface area is 191 Å². The lowest BCUT2D eigenvalue weighted by atomic mass is 10.2. The molecule has 30 heavy (non-hydrogen) atoms. The van der Waals surface area contributed by atoms with Gasteiger partial charge in [-0.05, 0) is 48.4 Å². The summed E-state index contributed by atoms with van der Waals surface area (Å²) in [6.45, 7) is 3.51. The molecule has 2 aliphatic rings. The number of amidine groups is 1. The summed E-state index contributed by atoms with van der Waals surface area (Å²) in [4.78, 5) is 23.9. The van der Waals surface area contributed by atoms with E-state index in [0.717, 1.165) is 44.9 Å². The molecule has 0 atom stereocenters. The number of hydrogen-bond acceptors (Lipinski definition) is 5. The van der Waals surface area contributed by atoms with Crippen LogP contribution in [0.5, 0.6) is 0 Å². The maximum atomic E-state index is 13.3. The van der Waals surface area contributed by atoms with Crippen LogP contribution in [-0.4, -0.2) is 36.1 Å². The third-order valence-electron chi connectivity index (χ3n) is 5.08. The number of carbonyl (C=O) groups excluding carboxylic acids is 1. The van der Waals surface area contributed by atoms with Crippen molar-refractivity contribution in [3.8, 4) is 0 Å². The van der Waals surface area contributed by atoms with Gasteiger partial charge in [0.15, 0.2) is 5.17 Å². The maximum Gasteiger partial charge on any atom is 0.269 e. The van der Waals surface area contributed by atoms with E-state index < -0.39 is 0 Å². The Morgan fingerprint density at radius 2 is 1.90 bits per heavy atom. The molecule has 1 amide bonds. The summed E-state index contributed by atoms with van der Waals surface area (Å²) in [7, 11) is 1.99. The van der Waals surface area contributed by atoms with Crippen LogP contribution >= 0.6 is 35.1 Å². The summed E-state index contributed by atoms with van der Waals surface area (Å²) >= 11 is 9.31. The second-order valence-electron chi connectivity index (χ2n) is 7.22. The highest BCUT2D eigenvalue weighted by molar-refractivity contribution is 8.19. The number of hydrogen-bond donors (Lipinski definition) is 0. The number of unbranched alkanes of at least 4 members (excludes halogenated alkanes) is 1. The van der Waals surface area contributed by atoms with Crippen molar-refractivity contribution in [3.05, 3.63) is 69.1 Å². The van der Waals surface area contributed by atoms with Gasteiger partial charge >= 0.3 is 0 Å². The van der Waals surface area contributed by atoms with Crippen LogP contribution in [0.15, 0.2) is 68.4 Å². The van der Waals surface area contributed by atoms with Crippen LogP contribution in [-0.2, 0) is 11.2 Å². The monoisotopic (exact) mass is 457 g/mol. The molecule has 4 rings (SSSR count). The van der Waals surface area contributed by atoms with E-state index in [0.29, 0.717) is 18.1 Å². The van der Waals surface area contributed by atoms with Crippen molar-refractivity contribution >= 4 is 51.9 Å². The summed E-state index contributed by atoms with van der Waals surface area (Å²) in [6, 6.07) is 16.2. The molecule has 4 nitrogen and oxygen atoms in total. The summed E-state index contributed by atoms with van der Waals surface area (Å²) in [5, 5.41) is 2.47. The lowest BCUT2D eigenvalue weighted by molar-refractivity contribution is -0.122. The molecule has 1 saturated heterocycles. The standard InChI is InChI=1S/C23H24ClN3OS2/c1-3-4-14-27-21(28)20(22-26(2)18-15-17(24)10-11-19(18)29-22)30-23(27)25-13-12-16-8-6-5-7-9-16/h5-11,15H,3-4,12-14H2,1-2H3. The van der Waals surface area contributed by atoms with Crippen LogP contribution in [0, 0.1) is 0 Å². The molecule has 2 aromatic carbocycles. The molecule has 0 aliphatic carbocycles. The number of fused-ring (bicyclic) bond motifs is 1. The van der Waals surface area contributed by atoms with E-state index in [2.05, 4.69) is 24.0 Å². The Bertz CT molecular complexity index is 1010. The van der Waals surface area contributed by atoms with Crippen molar-refractivity contribution in [1.82, 2.24) is 4.90 Å². The van der Waals surface area contributed by atoms with Gasteiger partial charge in [0.25, 0.3) is 5.91 Å². The first kappa shape index (κ1) is 21.3. The maximum absolute atomic E-state index is 13.3. The number of halogens is 1. The van der Waals surface area contributed by atoms with Crippen LogP contribution in [0.1, 0.15) is 25.3 Å². The van der Waals surface area contributed by atoms with E-state index in [4.69, 9.17) is 16.6 Å². The predicted molar refractivity (Wildman–Crippen MR) is 129 cm³/mol. The minimum Gasteiger partial charge on any atom is -0.337 e. The molecule has 156 valence electrons. The molecular formula is C23H24ClN3OS2. The highest BCUT2D eigenvalue weighted by atomic mass is 35.5. The minimum absolute atomic E-state index is 0.0557. The van der Waals surface area contributed by atoms with Gasteiger partial charge in [-0.1, -0.05) is 67.0 Å². The molecular weight excluding hydrogens is 434 g/mol. The van der Waals surface area contributed by atoms with E-state index in [1.165, 1.54) is 17.3 Å². The molecule has 2 aromatic rings. The lowest BCUT2D eigenvalue weighted by Crippen LogP contribution is -2.31. The topological polar surface area (TPSA) is 35.9 Å². The van der Waals surface area contributed by atoms with Gasteiger partial charge < -0.3 is 4.90 Å². The Kier molecular flexibility index (Phi) is 6.76. The Morgan fingerprint density at radius 1 is 1.10 bits per heavy atom. The van der Waals surface area contributed by atoms with E-state index in [-0.39, 0.29) is 5.91 Å². The fourth-order valence-electron chi connectivity index (χ4n) is 3.41. The Balaban J connectivity index is 1.58. The van der Waals surface area contributed by atoms with Gasteiger partial charge in [0.1, 0.15) is 4.91 Å². The van der Waals surface area contributed by atoms with E-state index in [1.807, 2.05) is 48.3 Å². The van der Waals surface area contributed by atoms with Gasteiger partial charge in [-0.25, -0.2) is 0 Å². The van der Waals surface area contributed by atoms with Crippen LogP contribution in [0.3, 0.4) is 0 Å². The van der Waals surface area contributed by atoms with Crippen molar-refractivity contribution in [2.24, 2.45) is 4.99 Å². The molecule has 0 bridgehead atoms. The summed E-state index contributed by atoms with van der Waals surface area (Å²) in [6.07, 6.45) is 2.87. The fourth-order valence-corrected chi connectivity index (χ4v) is 5.93. The first-order valence-electron chi connectivity index (χ1n) is 10.1. The number of nitrogens with zero attached hydrogens (tertiary/aromatic N) is 3. The number of benzene rings is 2. The molecule has 0 radical (unpaired) electrons. The van der Waals surface area contributed by atoms with Crippen molar-refractivity contribution in [3.63, 3.8) is 0 Å². The molecule has 0 unspecified atom stereocenters. The average molecular weight is 458 g/mol. The van der Waals surface area contributed by atoms with Crippen molar-refractivity contribution in [1.29, 1.82) is 0 Å². The normalized spacial score (nSPS) is 19.8. The molecule has 0 N–H and O–H groups in total. The van der Waals surface area contributed by atoms with Crippen LogP contribution in [0.25, 0.3) is 0 Å². The molecule has 2 aliphatic heterocycles. The Morgan fingerprint density at radius 3 is 2.67 bits per heavy atom. The molecule has 0 spiro atoms. The SMILES string of the molecule is CCCCN1C(=O)C(=C2Sc3ccc(Cl)cc3N2C)SC1=NCCc1ccccc1. The Hall–Kier alpha value is -1.89. The molecule has 7 heteroatoms. The summed E-state index contributed by atoms with van der Waals surface area (Å²) in [5.74, 6) is 0.0557. The van der Waals surface area contributed by atoms with Gasteiger partial charge in [-0.2, -0.15) is 0 Å². The van der Waals surface area contributed by atoms with E-state index in [1.54, 1.807) is 11.8 Å². The average Bonchev–Trinajstić information content (AvgIpc) is 3.24. The number of carbonyl (C=O) groups is 1. The van der Waals surface area contributed by atoms with Crippen LogP contribution < -0.4 is 4.90 Å². The predicted octanol–water partition coefficient (Wildman–Crippen LogP) is 6.03. The summed E-state index contributed by atoms with van der Waals surface area (Å²) in [5.41, 5.74) is 2.30. The third-order valence-corrected chi connectivity index (χ3v) is 7.78. The second kappa shape index (κ2) is 9.50. The lowest BCUT2D eigenvalue weighted by Gasteiger charge is -2.16. The highest BCUT2D eigenvalue weighted by Gasteiger charge is 2.38. The van der Waals surface area contributed by atoms with Gasteiger partial charge in [0.2, 0.25) is 0 Å². The zero-order chi connectivity index (χ0) is 21.1. The quantitative estimate of drug-likeness (QED) is 0.496. The summed E-state index contributed by atoms with van der Waals surface area (Å²) < 4.78 is 0. The van der Waals surface area contributed by atoms with Crippen molar-refractivity contribution in [2.45, 2.75) is 31.1 Å². The zero-order valence-electron chi connectivity index (χ0n) is 17.1. The third kappa shape index (κ3) is 4.41. The largest absolute Gasteiger partial charge is 0.337 e. The van der Waals surface area contributed by atoms with Gasteiger partial charge in [0, 0.05) is 30.1 Å². The molecule has 1 fully saturated rings. The zero-order valence-corrected chi connectivity index (χ0v) is 19.5. The second-order valence-corrected chi connectivity index (χ2v) is 9.66. The van der Waals surface area contributed by atoms with Gasteiger partial charge in [0.05, 0.1) is 10.7 Å². The molecule has 0 saturated carbocycles. The number of amides is 1. The number of anilines is 1. The first-order chi connectivity index (χ1) is 14.6.